The molecule has 0 bridgehead atoms. The monoisotopic (exact) mass is 223 g/mol. The Labute approximate surface area is 94.5 Å². The molecular weight excluding hydrogens is 210 g/mol. The van der Waals surface area contributed by atoms with Crippen molar-refractivity contribution in [3.63, 3.8) is 0 Å². The molecular formula is C11H14ClN3. The third kappa shape index (κ3) is 2.23. The van der Waals surface area contributed by atoms with Gasteiger partial charge in [-0.25, -0.2) is 0 Å². The molecule has 1 heterocycles. The summed E-state index contributed by atoms with van der Waals surface area (Å²) in [6.07, 6.45) is 0. The quantitative estimate of drug-likeness (QED) is 0.767. The molecule has 80 valence electrons. The van der Waals surface area contributed by atoms with Crippen LogP contribution in [0, 0.1) is 13.8 Å². The van der Waals surface area contributed by atoms with Crippen LogP contribution in [0.4, 0.5) is 5.69 Å². The summed E-state index contributed by atoms with van der Waals surface area (Å²) in [4.78, 5) is 4.28. The summed E-state index contributed by atoms with van der Waals surface area (Å²) in [7, 11) is 0. The third-order valence-electron chi connectivity index (χ3n) is 2.56. The largest absolute Gasteiger partial charge is 0.354 e. The van der Waals surface area contributed by atoms with E-state index in [2.05, 4.69) is 29.5 Å². The van der Waals surface area contributed by atoms with Crippen LogP contribution in [0.3, 0.4) is 0 Å². The molecule has 0 unspecified atom stereocenters. The topological polar surface area (TPSA) is 36.4 Å². The lowest BCUT2D eigenvalue weighted by Gasteiger charge is -2.12. The number of aliphatic imine (C=N–C) groups is 1. The fourth-order valence-corrected chi connectivity index (χ4v) is 1.83. The Kier molecular flexibility index (Phi) is 2.82. The predicted molar refractivity (Wildman–Crippen MR) is 64.9 cm³/mol. The molecule has 0 amide bonds. The molecule has 15 heavy (non-hydrogen) atoms. The zero-order chi connectivity index (χ0) is 10.8. The maximum atomic E-state index is 6.01. The van der Waals surface area contributed by atoms with Crippen LogP contribution in [-0.2, 0) is 0 Å². The van der Waals surface area contributed by atoms with Crippen LogP contribution in [0.15, 0.2) is 17.1 Å². The SMILES string of the molecule is Cc1cc(Cl)cc(NC2=NCCN2)c1C. The van der Waals surface area contributed by atoms with Gasteiger partial charge in [-0.1, -0.05) is 11.6 Å². The molecule has 0 atom stereocenters. The number of nitrogens with zero attached hydrogens (tertiary/aromatic N) is 1. The van der Waals surface area contributed by atoms with E-state index >= 15 is 0 Å². The molecule has 2 N–H and O–H groups in total. The number of rotatable bonds is 1. The summed E-state index contributed by atoms with van der Waals surface area (Å²) >= 11 is 6.01. The molecule has 0 aromatic heterocycles. The minimum atomic E-state index is 0.749. The normalized spacial score (nSPS) is 14.7. The minimum absolute atomic E-state index is 0.749. The zero-order valence-electron chi connectivity index (χ0n) is 8.89. The van der Waals surface area contributed by atoms with Crippen molar-refractivity contribution in [1.29, 1.82) is 0 Å². The Hall–Kier alpha value is -1.22. The van der Waals surface area contributed by atoms with Gasteiger partial charge in [0, 0.05) is 17.3 Å². The lowest BCUT2D eigenvalue weighted by molar-refractivity contribution is 0.959. The highest BCUT2D eigenvalue weighted by Gasteiger charge is 2.08. The second kappa shape index (κ2) is 4.11. The summed E-state index contributed by atoms with van der Waals surface area (Å²) in [5.74, 6) is 0.833. The number of guanidine groups is 1. The molecule has 0 fully saturated rings. The van der Waals surface area contributed by atoms with E-state index < -0.39 is 0 Å². The van der Waals surface area contributed by atoms with Crippen molar-refractivity contribution < 1.29 is 0 Å². The van der Waals surface area contributed by atoms with Gasteiger partial charge in [0.2, 0.25) is 0 Å². The molecule has 2 rings (SSSR count). The smallest absolute Gasteiger partial charge is 0.195 e. The van der Waals surface area contributed by atoms with Crippen molar-refractivity contribution in [2.75, 3.05) is 18.4 Å². The predicted octanol–water partition coefficient (Wildman–Crippen LogP) is 2.33. The van der Waals surface area contributed by atoms with Gasteiger partial charge < -0.3 is 10.6 Å². The van der Waals surface area contributed by atoms with E-state index in [4.69, 9.17) is 11.6 Å². The molecule has 1 aliphatic heterocycles. The molecule has 1 aromatic rings. The highest BCUT2D eigenvalue weighted by Crippen LogP contribution is 2.24. The number of aryl methyl sites for hydroxylation is 1. The van der Waals surface area contributed by atoms with Crippen LogP contribution in [0.1, 0.15) is 11.1 Å². The van der Waals surface area contributed by atoms with Gasteiger partial charge in [0.05, 0.1) is 6.54 Å². The Morgan fingerprint density at radius 2 is 2.20 bits per heavy atom. The first kappa shape index (κ1) is 10.3. The average Bonchev–Trinajstić information content (AvgIpc) is 2.66. The van der Waals surface area contributed by atoms with Gasteiger partial charge in [0.15, 0.2) is 5.96 Å². The summed E-state index contributed by atoms with van der Waals surface area (Å²) in [5.41, 5.74) is 3.41. The summed E-state index contributed by atoms with van der Waals surface area (Å²) in [6.45, 7) is 5.86. The molecule has 4 heteroatoms. The number of nitrogens with one attached hydrogen (secondary N) is 2. The average molecular weight is 224 g/mol. The Morgan fingerprint density at radius 3 is 2.87 bits per heavy atom. The van der Waals surface area contributed by atoms with Gasteiger partial charge in [-0.2, -0.15) is 0 Å². The van der Waals surface area contributed by atoms with Crippen LogP contribution >= 0.6 is 11.6 Å². The molecule has 0 radical (unpaired) electrons. The third-order valence-corrected chi connectivity index (χ3v) is 2.78. The number of hydrogen-bond donors (Lipinski definition) is 2. The second-order valence-electron chi connectivity index (χ2n) is 3.68. The summed E-state index contributed by atoms with van der Waals surface area (Å²) in [6, 6.07) is 3.89. The molecule has 1 aromatic carbocycles. The first-order valence-corrected chi connectivity index (χ1v) is 5.37. The lowest BCUT2D eigenvalue weighted by Crippen LogP contribution is -2.26. The van der Waals surface area contributed by atoms with E-state index in [-0.39, 0.29) is 0 Å². The second-order valence-corrected chi connectivity index (χ2v) is 4.11. The minimum Gasteiger partial charge on any atom is -0.354 e. The maximum Gasteiger partial charge on any atom is 0.195 e. The van der Waals surface area contributed by atoms with Gasteiger partial charge in [0.1, 0.15) is 0 Å². The number of anilines is 1. The molecule has 0 spiro atoms. The fourth-order valence-electron chi connectivity index (χ4n) is 1.55. The van der Waals surface area contributed by atoms with E-state index in [0.29, 0.717) is 0 Å². The van der Waals surface area contributed by atoms with E-state index in [1.165, 1.54) is 11.1 Å². The van der Waals surface area contributed by atoms with Crippen molar-refractivity contribution in [2.45, 2.75) is 13.8 Å². The van der Waals surface area contributed by atoms with Gasteiger partial charge >= 0.3 is 0 Å². The van der Waals surface area contributed by atoms with Gasteiger partial charge in [-0.15, -0.1) is 0 Å². The molecule has 1 aliphatic rings. The molecule has 0 saturated carbocycles. The maximum absolute atomic E-state index is 6.01. The highest BCUT2D eigenvalue weighted by atomic mass is 35.5. The molecule has 0 aliphatic carbocycles. The number of hydrogen-bond acceptors (Lipinski definition) is 3. The van der Waals surface area contributed by atoms with E-state index in [9.17, 15) is 0 Å². The van der Waals surface area contributed by atoms with Crippen LogP contribution in [-0.4, -0.2) is 19.0 Å². The van der Waals surface area contributed by atoms with Crippen LogP contribution in [0.5, 0.6) is 0 Å². The van der Waals surface area contributed by atoms with Crippen molar-refractivity contribution in [2.24, 2.45) is 4.99 Å². The van der Waals surface area contributed by atoms with Crippen molar-refractivity contribution >= 4 is 23.2 Å². The first-order valence-electron chi connectivity index (χ1n) is 4.99. The van der Waals surface area contributed by atoms with Crippen molar-refractivity contribution in [3.05, 3.63) is 28.3 Å². The summed E-state index contributed by atoms with van der Waals surface area (Å²) < 4.78 is 0. The van der Waals surface area contributed by atoms with Crippen LogP contribution < -0.4 is 10.6 Å². The zero-order valence-corrected chi connectivity index (χ0v) is 9.65. The highest BCUT2D eigenvalue weighted by molar-refractivity contribution is 6.31. The van der Waals surface area contributed by atoms with Gasteiger partial charge in [-0.05, 0) is 37.1 Å². The van der Waals surface area contributed by atoms with Crippen molar-refractivity contribution in [3.8, 4) is 0 Å². The first-order chi connectivity index (χ1) is 7.16. The van der Waals surface area contributed by atoms with Gasteiger partial charge in [-0.3, -0.25) is 4.99 Å². The Balaban J connectivity index is 2.27. The number of halogens is 1. The van der Waals surface area contributed by atoms with E-state index in [0.717, 1.165) is 29.8 Å². The van der Waals surface area contributed by atoms with Crippen LogP contribution in [0.25, 0.3) is 0 Å². The molecule has 0 saturated heterocycles. The van der Waals surface area contributed by atoms with Crippen LogP contribution in [0.2, 0.25) is 5.02 Å². The van der Waals surface area contributed by atoms with E-state index in [1.807, 2.05) is 12.1 Å². The number of benzene rings is 1. The van der Waals surface area contributed by atoms with E-state index in [1.54, 1.807) is 0 Å². The van der Waals surface area contributed by atoms with Gasteiger partial charge in [0.25, 0.3) is 0 Å². The fraction of sp³-hybridized carbons (Fsp3) is 0.364. The Morgan fingerprint density at radius 1 is 1.40 bits per heavy atom. The standard InChI is InChI=1S/C11H14ClN3/c1-7-5-9(12)6-10(8(7)2)15-11-13-3-4-14-11/h5-6H,3-4H2,1-2H3,(H2,13,14,15). The molecule has 3 nitrogen and oxygen atoms in total. The Bertz CT molecular complexity index is 413. The lowest BCUT2D eigenvalue weighted by atomic mass is 10.1. The van der Waals surface area contributed by atoms with Crippen molar-refractivity contribution in [1.82, 2.24) is 5.32 Å². The summed E-state index contributed by atoms with van der Waals surface area (Å²) in [5, 5.41) is 7.16.